The van der Waals surface area contributed by atoms with Gasteiger partial charge in [-0.25, -0.2) is 0 Å². The van der Waals surface area contributed by atoms with Crippen molar-refractivity contribution < 1.29 is 33.4 Å². The molecule has 0 heterocycles. The Bertz CT molecular complexity index is 788. The molecule has 0 amide bonds. The van der Waals surface area contributed by atoms with Gasteiger partial charge in [-0.2, -0.15) is 0 Å². The first kappa shape index (κ1) is 27.1. The molecule has 0 radical (unpaired) electrons. The van der Waals surface area contributed by atoms with Gasteiger partial charge in [0.1, 0.15) is 6.10 Å². The number of ketones is 1. The lowest BCUT2D eigenvalue weighted by Gasteiger charge is -2.27. The highest BCUT2D eigenvalue weighted by molar-refractivity contribution is 6.09. The molecule has 2 atom stereocenters. The van der Waals surface area contributed by atoms with Gasteiger partial charge in [0.2, 0.25) is 0 Å². The number of rotatable bonds is 13. The Morgan fingerprint density at radius 2 is 1.88 bits per heavy atom. The molecule has 7 nitrogen and oxygen atoms in total. The Hall–Kier alpha value is -2.96. The van der Waals surface area contributed by atoms with E-state index < -0.39 is 29.6 Å². The van der Waals surface area contributed by atoms with E-state index in [0.717, 1.165) is 25.7 Å². The molecule has 0 saturated heterocycles. The molecule has 0 saturated carbocycles. The van der Waals surface area contributed by atoms with Gasteiger partial charge in [-0.1, -0.05) is 44.1 Å². The van der Waals surface area contributed by atoms with E-state index in [2.05, 4.69) is 11.7 Å². The Morgan fingerprint density at radius 1 is 1.12 bits per heavy atom. The van der Waals surface area contributed by atoms with Crippen molar-refractivity contribution >= 4 is 23.7 Å². The van der Waals surface area contributed by atoms with E-state index in [0.29, 0.717) is 12.0 Å². The van der Waals surface area contributed by atoms with Crippen molar-refractivity contribution in [3.63, 3.8) is 0 Å². The van der Waals surface area contributed by atoms with Gasteiger partial charge in [0.05, 0.1) is 7.11 Å². The monoisotopic (exact) mass is 446 g/mol. The fraction of sp³-hybridized carbons (Fsp3) is 0.520. The lowest BCUT2D eigenvalue weighted by molar-refractivity contribution is -0.149. The SMILES string of the molecule is CCCCC/C=C/C[C@@]1(OC(C)=O)C=CC(=O)/C1=C\C=C\[C@@H](CCC(=O)OC)OC(C)=O. The van der Waals surface area contributed by atoms with Crippen molar-refractivity contribution in [3.05, 3.63) is 48.1 Å². The molecule has 0 aliphatic heterocycles. The number of esters is 3. The van der Waals surface area contributed by atoms with Gasteiger partial charge < -0.3 is 14.2 Å². The third-order valence-electron chi connectivity index (χ3n) is 4.88. The smallest absolute Gasteiger partial charge is 0.305 e. The highest BCUT2D eigenvalue weighted by atomic mass is 16.6. The Balaban J connectivity index is 3.02. The number of carbonyl (C=O) groups is 4. The molecule has 0 unspecified atom stereocenters. The molecule has 176 valence electrons. The van der Waals surface area contributed by atoms with Crippen LogP contribution in [0.5, 0.6) is 0 Å². The zero-order chi connectivity index (χ0) is 24.0. The van der Waals surface area contributed by atoms with Crippen molar-refractivity contribution in [2.45, 2.75) is 77.4 Å². The molecule has 1 aliphatic rings. The van der Waals surface area contributed by atoms with Gasteiger partial charge in [-0.3, -0.25) is 19.2 Å². The molecule has 0 N–H and O–H groups in total. The standard InChI is InChI=1S/C25H34O7/c1-5-6-7-8-9-10-17-25(32-20(3)27)18-16-23(28)22(25)13-11-12-21(31-19(2)26)14-15-24(29)30-4/h9-13,16,18,21H,5-8,14-15,17H2,1-4H3/b10-9+,12-11+,22-13+/t21-,25+/m0/s1. The van der Waals surface area contributed by atoms with Gasteiger partial charge in [-0.05, 0) is 37.5 Å². The van der Waals surface area contributed by atoms with Gasteiger partial charge >= 0.3 is 17.9 Å². The van der Waals surface area contributed by atoms with Crippen LogP contribution in [0.1, 0.15) is 65.7 Å². The lowest BCUT2D eigenvalue weighted by atomic mass is 9.91. The topological polar surface area (TPSA) is 96.0 Å². The largest absolute Gasteiger partial charge is 0.469 e. The van der Waals surface area contributed by atoms with E-state index in [-0.39, 0.29) is 18.6 Å². The first-order valence-electron chi connectivity index (χ1n) is 10.9. The number of ether oxygens (including phenoxy) is 3. The molecule has 0 aromatic rings. The molecule has 0 spiro atoms. The fourth-order valence-corrected chi connectivity index (χ4v) is 3.32. The summed E-state index contributed by atoms with van der Waals surface area (Å²) in [6.07, 6.45) is 16.0. The second kappa shape index (κ2) is 14.2. The molecular weight excluding hydrogens is 412 g/mol. The van der Waals surface area contributed by atoms with Crippen LogP contribution in [0.4, 0.5) is 0 Å². The first-order valence-corrected chi connectivity index (χ1v) is 10.9. The van der Waals surface area contributed by atoms with Crippen LogP contribution in [0, 0.1) is 0 Å². The second-order valence-corrected chi connectivity index (χ2v) is 7.58. The van der Waals surface area contributed by atoms with E-state index in [1.165, 1.54) is 27.0 Å². The molecule has 0 aromatic carbocycles. The Labute approximate surface area is 190 Å². The number of allylic oxidation sites excluding steroid dienone is 4. The lowest BCUT2D eigenvalue weighted by Crippen LogP contribution is -2.33. The molecule has 1 aliphatic carbocycles. The van der Waals surface area contributed by atoms with Crippen LogP contribution in [-0.4, -0.2) is 42.5 Å². The Morgan fingerprint density at radius 3 is 2.50 bits per heavy atom. The normalized spacial score (nSPS) is 20.2. The van der Waals surface area contributed by atoms with Gasteiger partial charge in [0.25, 0.3) is 0 Å². The first-order chi connectivity index (χ1) is 15.2. The third kappa shape index (κ3) is 9.45. The van der Waals surface area contributed by atoms with Gasteiger partial charge in [-0.15, -0.1) is 0 Å². The zero-order valence-electron chi connectivity index (χ0n) is 19.4. The van der Waals surface area contributed by atoms with E-state index in [1.54, 1.807) is 24.3 Å². The number of hydrogen-bond donors (Lipinski definition) is 0. The minimum absolute atomic E-state index is 0.0794. The number of hydrogen-bond acceptors (Lipinski definition) is 7. The van der Waals surface area contributed by atoms with Crippen LogP contribution < -0.4 is 0 Å². The molecule has 32 heavy (non-hydrogen) atoms. The molecule has 7 heteroatoms. The summed E-state index contributed by atoms with van der Waals surface area (Å²) in [6, 6.07) is 0. The van der Waals surface area contributed by atoms with E-state index >= 15 is 0 Å². The fourth-order valence-electron chi connectivity index (χ4n) is 3.32. The van der Waals surface area contributed by atoms with Crippen LogP contribution in [0.25, 0.3) is 0 Å². The van der Waals surface area contributed by atoms with Crippen molar-refractivity contribution in [1.29, 1.82) is 0 Å². The molecule has 1 rings (SSSR count). The summed E-state index contributed by atoms with van der Waals surface area (Å²) in [7, 11) is 1.29. The summed E-state index contributed by atoms with van der Waals surface area (Å²) >= 11 is 0. The minimum Gasteiger partial charge on any atom is -0.469 e. The summed E-state index contributed by atoms with van der Waals surface area (Å²) in [4.78, 5) is 47.0. The van der Waals surface area contributed by atoms with E-state index in [4.69, 9.17) is 9.47 Å². The third-order valence-corrected chi connectivity index (χ3v) is 4.88. The number of carbonyl (C=O) groups excluding carboxylic acids is 4. The van der Waals surface area contributed by atoms with Crippen LogP contribution in [0.15, 0.2) is 48.1 Å². The van der Waals surface area contributed by atoms with Gasteiger partial charge in [0.15, 0.2) is 11.4 Å². The van der Waals surface area contributed by atoms with Crippen LogP contribution in [0.2, 0.25) is 0 Å². The summed E-state index contributed by atoms with van der Waals surface area (Å²) in [5, 5.41) is 0. The summed E-state index contributed by atoms with van der Waals surface area (Å²) in [5.74, 6) is -1.65. The average molecular weight is 447 g/mol. The highest BCUT2D eigenvalue weighted by Crippen LogP contribution is 2.34. The summed E-state index contributed by atoms with van der Waals surface area (Å²) < 4.78 is 15.4. The average Bonchev–Trinajstić information content (AvgIpc) is 3.03. The minimum atomic E-state index is -1.17. The number of unbranched alkanes of at least 4 members (excludes halogenated alkanes) is 3. The molecule has 0 fully saturated rings. The molecule has 0 aromatic heterocycles. The maximum absolute atomic E-state index is 12.5. The van der Waals surface area contributed by atoms with Crippen molar-refractivity contribution in [2.24, 2.45) is 0 Å². The quantitative estimate of drug-likeness (QED) is 0.137. The highest BCUT2D eigenvalue weighted by Gasteiger charge is 2.41. The predicted octanol–water partition coefficient (Wildman–Crippen LogP) is 4.32. The maximum Gasteiger partial charge on any atom is 0.305 e. The van der Waals surface area contributed by atoms with Crippen molar-refractivity contribution in [3.8, 4) is 0 Å². The van der Waals surface area contributed by atoms with E-state index in [1.807, 2.05) is 12.2 Å². The Kier molecular flexibility index (Phi) is 12.0. The van der Waals surface area contributed by atoms with Gasteiger partial charge in [0, 0.05) is 32.3 Å². The maximum atomic E-state index is 12.5. The van der Waals surface area contributed by atoms with Crippen LogP contribution in [0.3, 0.4) is 0 Å². The summed E-state index contributed by atoms with van der Waals surface area (Å²) in [6.45, 7) is 4.72. The van der Waals surface area contributed by atoms with E-state index in [9.17, 15) is 19.2 Å². The second-order valence-electron chi connectivity index (χ2n) is 7.58. The predicted molar refractivity (Wildman–Crippen MR) is 121 cm³/mol. The van der Waals surface area contributed by atoms with Crippen molar-refractivity contribution in [2.75, 3.05) is 7.11 Å². The summed E-state index contributed by atoms with van der Waals surface area (Å²) in [5.41, 5.74) is -0.853. The van der Waals surface area contributed by atoms with Crippen LogP contribution in [-0.2, 0) is 33.4 Å². The molecule has 0 bridgehead atoms. The van der Waals surface area contributed by atoms with Crippen LogP contribution >= 0.6 is 0 Å². The zero-order valence-corrected chi connectivity index (χ0v) is 19.4. The van der Waals surface area contributed by atoms with Crippen molar-refractivity contribution in [1.82, 2.24) is 0 Å². The molecular formula is C25H34O7. The number of methoxy groups -OCH3 is 1.